The maximum absolute atomic E-state index is 12.8. The topological polar surface area (TPSA) is 61.4 Å². The van der Waals surface area contributed by atoms with Crippen molar-refractivity contribution < 1.29 is 14.3 Å². The summed E-state index contributed by atoms with van der Waals surface area (Å²) in [6.07, 6.45) is -1.73. The van der Waals surface area contributed by atoms with Crippen LogP contribution in [0, 0.1) is 0 Å². The Balaban J connectivity index is 0.00000121. The molecule has 4 nitrogen and oxygen atoms in total. The molecule has 2 atom stereocenters. The van der Waals surface area contributed by atoms with E-state index >= 15 is 0 Å². The maximum Gasteiger partial charge on any atom is 0.404 e. The smallest absolute Gasteiger partial charge is 0.404 e. The Morgan fingerprint density at radius 3 is 2.83 bits per heavy atom. The molecule has 0 radical (unpaired) electrons. The van der Waals surface area contributed by atoms with Gasteiger partial charge in [0.25, 0.3) is 0 Å². The van der Waals surface area contributed by atoms with Crippen molar-refractivity contribution in [2.45, 2.75) is 18.6 Å². The van der Waals surface area contributed by atoms with Crippen molar-refractivity contribution in [1.82, 2.24) is 10.6 Å². The Hall–Kier alpha value is -0.550. The third-order valence-electron chi connectivity index (χ3n) is 1.72. The largest absolute Gasteiger partial charge is 0.465 e. The standard InChI is InChI=1S/C6H11FN2O2.ClH/c7-4-3-8-2-1-5(4)9-6(10)11;/h4-5,8-9H,1-3H2,(H,10,11);1H/t4-,5-;/m1./s1. The van der Waals surface area contributed by atoms with Gasteiger partial charge in [0.05, 0.1) is 6.04 Å². The monoisotopic (exact) mass is 198 g/mol. The van der Waals surface area contributed by atoms with Gasteiger partial charge in [0.2, 0.25) is 0 Å². The Morgan fingerprint density at radius 1 is 1.67 bits per heavy atom. The average Bonchev–Trinajstić information content (AvgIpc) is 1.93. The lowest BCUT2D eigenvalue weighted by molar-refractivity contribution is 0.163. The molecular weight excluding hydrogens is 187 g/mol. The van der Waals surface area contributed by atoms with E-state index in [1.54, 1.807) is 0 Å². The number of hydrogen-bond acceptors (Lipinski definition) is 2. The van der Waals surface area contributed by atoms with Gasteiger partial charge in [-0.1, -0.05) is 0 Å². The number of piperidine rings is 1. The lowest BCUT2D eigenvalue weighted by Gasteiger charge is -2.26. The van der Waals surface area contributed by atoms with Crippen LogP contribution in [0.25, 0.3) is 0 Å². The maximum atomic E-state index is 12.8. The third-order valence-corrected chi connectivity index (χ3v) is 1.72. The van der Waals surface area contributed by atoms with Crippen LogP contribution in [-0.4, -0.2) is 36.5 Å². The summed E-state index contributed by atoms with van der Waals surface area (Å²) < 4.78 is 12.8. The molecule has 0 bridgehead atoms. The summed E-state index contributed by atoms with van der Waals surface area (Å²) in [5, 5.41) is 13.2. The van der Waals surface area contributed by atoms with Gasteiger partial charge < -0.3 is 15.7 Å². The summed E-state index contributed by atoms with van der Waals surface area (Å²) in [5.41, 5.74) is 0. The van der Waals surface area contributed by atoms with Crippen molar-refractivity contribution in [3.63, 3.8) is 0 Å². The molecule has 1 rings (SSSR count). The van der Waals surface area contributed by atoms with Crippen LogP contribution in [-0.2, 0) is 0 Å². The molecule has 0 aliphatic carbocycles. The first-order valence-corrected chi connectivity index (χ1v) is 3.54. The predicted octanol–water partition coefficient (Wildman–Crippen LogP) is 0.376. The summed E-state index contributed by atoms with van der Waals surface area (Å²) in [4.78, 5) is 10.1. The van der Waals surface area contributed by atoms with Crippen LogP contribution in [0.1, 0.15) is 6.42 Å². The van der Waals surface area contributed by atoms with Gasteiger partial charge in [0.15, 0.2) is 0 Å². The molecule has 1 aliphatic rings. The summed E-state index contributed by atoms with van der Waals surface area (Å²) >= 11 is 0. The number of alkyl halides is 1. The zero-order valence-corrected chi connectivity index (χ0v) is 7.23. The molecule has 1 amide bonds. The number of nitrogens with one attached hydrogen (secondary N) is 2. The number of halogens is 2. The van der Waals surface area contributed by atoms with Crippen molar-refractivity contribution >= 4 is 18.5 Å². The zero-order valence-electron chi connectivity index (χ0n) is 6.42. The lowest BCUT2D eigenvalue weighted by atomic mass is 10.1. The van der Waals surface area contributed by atoms with E-state index in [1.807, 2.05) is 0 Å². The molecule has 72 valence electrons. The molecule has 6 heteroatoms. The second-order valence-electron chi connectivity index (χ2n) is 2.56. The Labute approximate surface area is 75.9 Å². The molecule has 0 aromatic rings. The van der Waals surface area contributed by atoms with Crippen molar-refractivity contribution in [2.24, 2.45) is 0 Å². The highest BCUT2D eigenvalue weighted by Gasteiger charge is 2.25. The van der Waals surface area contributed by atoms with Crippen LogP contribution in [0.15, 0.2) is 0 Å². The van der Waals surface area contributed by atoms with Gasteiger partial charge in [-0.15, -0.1) is 12.4 Å². The van der Waals surface area contributed by atoms with E-state index in [1.165, 1.54) is 0 Å². The first-order valence-electron chi connectivity index (χ1n) is 3.54. The highest BCUT2D eigenvalue weighted by molar-refractivity contribution is 5.85. The molecule has 12 heavy (non-hydrogen) atoms. The van der Waals surface area contributed by atoms with Crippen LogP contribution in [0.4, 0.5) is 9.18 Å². The fraction of sp³-hybridized carbons (Fsp3) is 0.833. The molecular formula is C6H12ClFN2O2. The quantitative estimate of drug-likeness (QED) is 0.571. The van der Waals surface area contributed by atoms with Gasteiger partial charge in [0.1, 0.15) is 6.17 Å². The van der Waals surface area contributed by atoms with Crippen molar-refractivity contribution in [3.8, 4) is 0 Å². The van der Waals surface area contributed by atoms with Gasteiger partial charge in [-0.3, -0.25) is 0 Å². The molecule has 0 spiro atoms. The summed E-state index contributed by atoms with van der Waals surface area (Å²) in [7, 11) is 0. The van der Waals surface area contributed by atoms with Gasteiger partial charge in [0, 0.05) is 6.54 Å². The summed E-state index contributed by atoms with van der Waals surface area (Å²) in [6.45, 7) is 0.913. The van der Waals surface area contributed by atoms with E-state index in [4.69, 9.17) is 5.11 Å². The fourth-order valence-corrected chi connectivity index (χ4v) is 1.14. The summed E-state index contributed by atoms with van der Waals surface area (Å²) in [6, 6.07) is -0.534. The van der Waals surface area contributed by atoms with Crippen molar-refractivity contribution in [1.29, 1.82) is 0 Å². The SMILES string of the molecule is Cl.O=C(O)N[C@@H]1CCNC[C@H]1F. The van der Waals surface area contributed by atoms with Crippen molar-refractivity contribution in [3.05, 3.63) is 0 Å². The minimum atomic E-state index is -1.15. The Kier molecular flexibility index (Phi) is 4.92. The van der Waals surface area contributed by atoms with Gasteiger partial charge in [-0.25, -0.2) is 9.18 Å². The first kappa shape index (κ1) is 11.4. The molecule has 0 unspecified atom stereocenters. The number of carbonyl (C=O) groups is 1. The Bertz CT molecular complexity index is 158. The highest BCUT2D eigenvalue weighted by Crippen LogP contribution is 2.06. The summed E-state index contributed by atoms with van der Waals surface area (Å²) in [5.74, 6) is 0. The Morgan fingerprint density at radius 2 is 2.33 bits per heavy atom. The van der Waals surface area contributed by atoms with Gasteiger partial charge in [-0.05, 0) is 13.0 Å². The molecule has 1 saturated heterocycles. The molecule has 0 aromatic carbocycles. The van der Waals surface area contributed by atoms with E-state index in [-0.39, 0.29) is 19.0 Å². The average molecular weight is 199 g/mol. The van der Waals surface area contributed by atoms with Crippen LogP contribution < -0.4 is 10.6 Å². The van der Waals surface area contributed by atoms with Crippen LogP contribution in [0.2, 0.25) is 0 Å². The van der Waals surface area contributed by atoms with E-state index < -0.39 is 18.3 Å². The highest BCUT2D eigenvalue weighted by atomic mass is 35.5. The third kappa shape index (κ3) is 3.23. The second kappa shape index (κ2) is 5.16. The number of carboxylic acid groups (broad SMARTS) is 1. The van der Waals surface area contributed by atoms with Crippen molar-refractivity contribution in [2.75, 3.05) is 13.1 Å². The fourth-order valence-electron chi connectivity index (χ4n) is 1.14. The molecule has 3 N–H and O–H groups in total. The van der Waals surface area contributed by atoms with E-state index in [9.17, 15) is 9.18 Å². The minimum Gasteiger partial charge on any atom is -0.465 e. The predicted molar refractivity (Wildman–Crippen MR) is 44.6 cm³/mol. The van der Waals surface area contributed by atoms with Crippen LogP contribution >= 0.6 is 12.4 Å². The number of amides is 1. The second-order valence-corrected chi connectivity index (χ2v) is 2.56. The number of hydrogen-bond donors (Lipinski definition) is 3. The van der Waals surface area contributed by atoms with Crippen LogP contribution in [0.5, 0.6) is 0 Å². The van der Waals surface area contributed by atoms with Gasteiger partial charge in [-0.2, -0.15) is 0 Å². The zero-order chi connectivity index (χ0) is 8.27. The van der Waals surface area contributed by atoms with E-state index in [2.05, 4.69) is 10.6 Å². The number of rotatable bonds is 1. The van der Waals surface area contributed by atoms with E-state index in [0.29, 0.717) is 13.0 Å². The lowest BCUT2D eigenvalue weighted by Crippen LogP contribution is -2.50. The molecule has 1 aliphatic heterocycles. The van der Waals surface area contributed by atoms with Crippen LogP contribution in [0.3, 0.4) is 0 Å². The normalized spacial score (nSPS) is 28.8. The first-order chi connectivity index (χ1) is 5.20. The van der Waals surface area contributed by atoms with Gasteiger partial charge >= 0.3 is 6.09 Å². The molecule has 0 saturated carbocycles. The van der Waals surface area contributed by atoms with E-state index in [0.717, 1.165) is 0 Å². The molecule has 0 aromatic heterocycles. The minimum absolute atomic E-state index is 0. The molecule has 1 heterocycles. The molecule has 1 fully saturated rings.